The Bertz CT molecular complexity index is 1040. The molecule has 2 fully saturated rings. The second-order valence-corrected chi connectivity index (χ2v) is 11.3. The highest BCUT2D eigenvalue weighted by atomic mass is 35.5. The predicted octanol–water partition coefficient (Wildman–Crippen LogP) is 7.40. The van der Waals surface area contributed by atoms with Crippen LogP contribution in [-0.2, 0) is 11.3 Å². The van der Waals surface area contributed by atoms with Crippen molar-refractivity contribution in [3.63, 3.8) is 0 Å². The van der Waals surface area contributed by atoms with Crippen LogP contribution in [0, 0.1) is 5.82 Å². The minimum atomic E-state index is -0.688. The molecule has 4 rings (SSSR count). The second kappa shape index (κ2) is 10.0. The molecule has 0 radical (unpaired) electrons. The maximum Gasteiger partial charge on any atom is 0.341 e. The molecule has 0 amide bonds. The number of carbonyl (C=O) groups is 1. The van der Waals surface area contributed by atoms with Gasteiger partial charge in [-0.3, -0.25) is 4.90 Å². The maximum absolute atomic E-state index is 15.0. The number of benzene rings is 2. The number of halogens is 3. The van der Waals surface area contributed by atoms with E-state index in [1.54, 1.807) is 32.9 Å². The van der Waals surface area contributed by atoms with E-state index in [-0.39, 0.29) is 17.7 Å². The molecule has 4 nitrogen and oxygen atoms in total. The minimum Gasteiger partial charge on any atom is -0.488 e. The number of hydrogen-bond acceptors (Lipinski definition) is 4. The molecule has 1 saturated heterocycles. The summed E-state index contributed by atoms with van der Waals surface area (Å²) >= 11 is 12.4. The molecule has 1 aliphatic carbocycles. The van der Waals surface area contributed by atoms with Gasteiger partial charge in [0.2, 0.25) is 0 Å². The van der Waals surface area contributed by atoms with E-state index in [1.165, 1.54) is 6.07 Å². The summed E-state index contributed by atoms with van der Waals surface area (Å²) in [6.45, 7) is 9.11. The lowest BCUT2D eigenvalue weighted by atomic mass is 9.98. The summed E-state index contributed by atoms with van der Waals surface area (Å²) in [6.07, 6.45) is 3.79. The first kappa shape index (κ1) is 25.3. The summed E-state index contributed by atoms with van der Waals surface area (Å²) in [7, 11) is 0. The Kier molecular flexibility index (Phi) is 7.47. The molecule has 0 N–H and O–H groups in total. The molecule has 34 heavy (non-hydrogen) atoms. The van der Waals surface area contributed by atoms with Crippen molar-refractivity contribution in [3.8, 4) is 5.75 Å². The van der Waals surface area contributed by atoms with Crippen molar-refractivity contribution in [2.24, 2.45) is 0 Å². The third kappa shape index (κ3) is 6.24. The Morgan fingerprint density at radius 1 is 1.09 bits per heavy atom. The first-order valence-corrected chi connectivity index (χ1v) is 12.7. The number of esters is 1. The van der Waals surface area contributed by atoms with Crippen LogP contribution in [0.5, 0.6) is 5.75 Å². The van der Waals surface area contributed by atoms with E-state index in [4.69, 9.17) is 32.7 Å². The zero-order valence-electron chi connectivity index (χ0n) is 20.2. The number of hydrogen-bond donors (Lipinski definition) is 0. The Balaban J connectivity index is 1.53. The summed E-state index contributed by atoms with van der Waals surface area (Å²) in [5.41, 5.74) is 1.23. The number of rotatable bonds is 6. The van der Waals surface area contributed by atoms with Gasteiger partial charge >= 0.3 is 5.97 Å². The van der Waals surface area contributed by atoms with Gasteiger partial charge in [0, 0.05) is 28.7 Å². The van der Waals surface area contributed by atoms with Crippen LogP contribution in [0.4, 0.5) is 4.39 Å². The fourth-order valence-corrected chi connectivity index (χ4v) is 5.10. The highest BCUT2D eigenvalue weighted by Gasteiger charge is 2.34. The molecular weight excluding hydrogens is 476 g/mol. The van der Waals surface area contributed by atoms with Gasteiger partial charge in [-0.15, -0.1) is 0 Å². The van der Waals surface area contributed by atoms with Crippen molar-refractivity contribution in [3.05, 3.63) is 62.9 Å². The van der Waals surface area contributed by atoms with E-state index >= 15 is 4.39 Å². The van der Waals surface area contributed by atoms with Crippen molar-refractivity contribution in [1.29, 1.82) is 0 Å². The summed E-state index contributed by atoms with van der Waals surface area (Å²) in [4.78, 5) is 14.9. The summed E-state index contributed by atoms with van der Waals surface area (Å²) in [6, 6.07) is 8.71. The maximum atomic E-state index is 15.0. The minimum absolute atomic E-state index is 0.0275. The summed E-state index contributed by atoms with van der Waals surface area (Å²) in [5, 5.41) is 1.24. The van der Waals surface area contributed by atoms with Gasteiger partial charge in [0.05, 0.1) is 5.56 Å². The molecule has 2 aromatic carbocycles. The lowest BCUT2D eigenvalue weighted by molar-refractivity contribution is 0.00641. The van der Waals surface area contributed by atoms with Crippen LogP contribution in [-0.4, -0.2) is 35.2 Å². The highest BCUT2D eigenvalue weighted by Crippen LogP contribution is 2.46. The number of likely N-dealkylation sites (tertiary alicyclic amines) is 1. The summed E-state index contributed by atoms with van der Waals surface area (Å²) < 4.78 is 26.9. The quantitative estimate of drug-likeness (QED) is 0.381. The molecule has 0 spiro atoms. The van der Waals surface area contributed by atoms with Crippen LogP contribution < -0.4 is 4.74 Å². The van der Waals surface area contributed by atoms with Crippen molar-refractivity contribution in [2.75, 3.05) is 6.54 Å². The van der Waals surface area contributed by atoms with Gasteiger partial charge < -0.3 is 9.47 Å². The standard InChI is InChI=1S/C27H32Cl2FNO3/c1-16-24(6-5-9-31(16)15-17-10-19(28)12-20(29)11-17)33-25-14-23(30)22(13-21(25)18-7-8-18)26(32)34-27(2,3)4/h10-14,16,18,24H,5-9,15H2,1-4H3/t16-,24-/m0/s1. The molecule has 184 valence electrons. The average molecular weight is 508 g/mol. The molecule has 0 bridgehead atoms. The van der Waals surface area contributed by atoms with E-state index < -0.39 is 17.4 Å². The number of piperidine rings is 1. The van der Waals surface area contributed by atoms with Crippen LogP contribution in [0.3, 0.4) is 0 Å². The zero-order valence-corrected chi connectivity index (χ0v) is 21.7. The van der Waals surface area contributed by atoms with Gasteiger partial charge in [-0.25, -0.2) is 9.18 Å². The van der Waals surface area contributed by atoms with Gasteiger partial charge in [0.25, 0.3) is 0 Å². The third-order valence-corrected chi connectivity index (χ3v) is 6.81. The number of ether oxygens (including phenoxy) is 2. The van der Waals surface area contributed by atoms with E-state index in [1.807, 2.05) is 12.1 Å². The Labute approximate surface area is 211 Å². The van der Waals surface area contributed by atoms with Crippen molar-refractivity contribution < 1.29 is 18.7 Å². The van der Waals surface area contributed by atoms with Crippen molar-refractivity contribution in [1.82, 2.24) is 4.90 Å². The number of carbonyl (C=O) groups excluding carboxylic acids is 1. The summed E-state index contributed by atoms with van der Waals surface area (Å²) in [5.74, 6) is -0.421. The van der Waals surface area contributed by atoms with Crippen LogP contribution in [0.25, 0.3) is 0 Å². The monoisotopic (exact) mass is 507 g/mol. The van der Waals surface area contributed by atoms with E-state index in [0.717, 1.165) is 43.4 Å². The Morgan fingerprint density at radius 2 is 1.76 bits per heavy atom. The SMILES string of the molecule is C[C@H]1[C@@H](Oc2cc(F)c(C(=O)OC(C)(C)C)cc2C2CC2)CCCN1Cc1cc(Cl)cc(Cl)c1. The molecule has 2 aromatic rings. The van der Waals surface area contributed by atoms with Crippen molar-refractivity contribution >= 4 is 29.2 Å². The molecule has 1 aliphatic heterocycles. The topological polar surface area (TPSA) is 38.8 Å². The van der Waals surface area contributed by atoms with Crippen LogP contribution in [0.2, 0.25) is 10.0 Å². The van der Waals surface area contributed by atoms with E-state index in [2.05, 4.69) is 11.8 Å². The van der Waals surface area contributed by atoms with Crippen LogP contribution >= 0.6 is 23.2 Å². The number of nitrogens with zero attached hydrogens (tertiary/aromatic N) is 1. The Hall–Kier alpha value is -1.82. The lowest BCUT2D eigenvalue weighted by Crippen LogP contribution is -2.48. The molecule has 1 heterocycles. The van der Waals surface area contributed by atoms with Crippen molar-refractivity contribution in [2.45, 2.75) is 83.6 Å². The molecule has 0 unspecified atom stereocenters. The van der Waals surface area contributed by atoms with Crippen LogP contribution in [0.1, 0.15) is 80.8 Å². The van der Waals surface area contributed by atoms with Crippen LogP contribution in [0.15, 0.2) is 30.3 Å². The highest BCUT2D eigenvalue weighted by molar-refractivity contribution is 6.34. The first-order valence-electron chi connectivity index (χ1n) is 11.9. The fourth-order valence-electron chi connectivity index (χ4n) is 4.53. The molecule has 2 atom stereocenters. The molecule has 7 heteroatoms. The zero-order chi connectivity index (χ0) is 24.6. The Morgan fingerprint density at radius 3 is 2.38 bits per heavy atom. The predicted molar refractivity (Wildman–Crippen MR) is 134 cm³/mol. The van der Waals surface area contributed by atoms with Gasteiger partial charge in [0.1, 0.15) is 23.3 Å². The normalized spacial score (nSPS) is 21.4. The third-order valence-electron chi connectivity index (χ3n) is 6.37. The molecular formula is C27H32Cl2FNO3. The average Bonchev–Trinajstić information content (AvgIpc) is 3.54. The molecule has 1 saturated carbocycles. The van der Waals surface area contributed by atoms with Gasteiger partial charge in [-0.05, 0) is 101 Å². The van der Waals surface area contributed by atoms with E-state index in [9.17, 15) is 4.79 Å². The smallest absolute Gasteiger partial charge is 0.341 e. The largest absolute Gasteiger partial charge is 0.488 e. The van der Waals surface area contributed by atoms with Gasteiger partial charge in [-0.2, -0.15) is 0 Å². The molecule has 2 aliphatic rings. The first-order chi connectivity index (χ1) is 16.0. The fraction of sp³-hybridized carbons (Fsp3) is 0.519. The molecule has 0 aromatic heterocycles. The van der Waals surface area contributed by atoms with E-state index in [0.29, 0.717) is 28.3 Å². The second-order valence-electron chi connectivity index (χ2n) is 10.4. The van der Waals surface area contributed by atoms with Gasteiger partial charge in [0.15, 0.2) is 0 Å². The lowest BCUT2D eigenvalue weighted by Gasteiger charge is -2.39. The van der Waals surface area contributed by atoms with Gasteiger partial charge in [-0.1, -0.05) is 23.2 Å².